The van der Waals surface area contributed by atoms with Crippen LogP contribution in [0.4, 0.5) is 10.5 Å². The predicted octanol–water partition coefficient (Wildman–Crippen LogP) is 2.96. The monoisotopic (exact) mass is 299 g/mol. The van der Waals surface area contributed by atoms with Crippen LogP contribution in [-0.4, -0.2) is 30.3 Å². The fourth-order valence-electron chi connectivity index (χ4n) is 1.97. The summed E-state index contributed by atoms with van der Waals surface area (Å²) in [5.41, 5.74) is 1.43. The van der Waals surface area contributed by atoms with Crippen LogP contribution in [0.5, 0.6) is 0 Å². The number of carbonyl (C=O) groups is 2. The summed E-state index contributed by atoms with van der Waals surface area (Å²) >= 11 is 0. The minimum atomic E-state index is -1.22. The summed E-state index contributed by atoms with van der Waals surface area (Å²) in [6.45, 7) is 0. The number of hydrogen-bond donors (Lipinski definition) is 1. The molecule has 0 heterocycles. The van der Waals surface area contributed by atoms with Crippen LogP contribution < -0.4 is 4.90 Å². The summed E-state index contributed by atoms with van der Waals surface area (Å²) in [5.74, 6) is -1.17. The maximum Gasteiger partial charge on any atom is 0.414 e. The van der Waals surface area contributed by atoms with Crippen molar-refractivity contribution in [2.24, 2.45) is 0 Å². The molecule has 114 valence electrons. The molecule has 1 N–H and O–H groups in total. The van der Waals surface area contributed by atoms with Gasteiger partial charge in [0, 0.05) is 19.2 Å². The fraction of sp³-hybridized carbons (Fsp3) is 0.176. The third-order valence-electron chi connectivity index (χ3n) is 3.20. The lowest BCUT2D eigenvalue weighted by Crippen LogP contribution is -2.35. The number of amides is 1. The zero-order valence-electron chi connectivity index (χ0n) is 12.2. The molecule has 2 rings (SSSR count). The van der Waals surface area contributed by atoms with Crippen molar-refractivity contribution < 1.29 is 19.4 Å². The number of benzene rings is 2. The number of aliphatic carboxylic acids is 1. The molecule has 0 bridgehead atoms. The van der Waals surface area contributed by atoms with Gasteiger partial charge in [0.2, 0.25) is 6.10 Å². The molecule has 0 radical (unpaired) electrons. The van der Waals surface area contributed by atoms with E-state index in [0.29, 0.717) is 5.69 Å². The average Bonchev–Trinajstić information content (AvgIpc) is 2.55. The SMILES string of the molecule is CN(C(=O)OC(Cc1ccccc1)C(=O)O)c1ccccc1. The van der Waals surface area contributed by atoms with E-state index in [1.165, 1.54) is 4.90 Å². The lowest BCUT2D eigenvalue weighted by molar-refractivity contribution is -0.146. The van der Waals surface area contributed by atoms with E-state index in [2.05, 4.69) is 0 Å². The van der Waals surface area contributed by atoms with Crippen molar-refractivity contribution in [3.05, 3.63) is 66.2 Å². The minimum Gasteiger partial charge on any atom is -0.478 e. The van der Waals surface area contributed by atoms with Gasteiger partial charge in [-0.25, -0.2) is 9.59 Å². The van der Waals surface area contributed by atoms with E-state index in [9.17, 15) is 14.7 Å². The van der Waals surface area contributed by atoms with Gasteiger partial charge in [0.1, 0.15) is 0 Å². The van der Waals surface area contributed by atoms with Crippen LogP contribution in [0, 0.1) is 0 Å². The lowest BCUT2D eigenvalue weighted by atomic mass is 10.1. The van der Waals surface area contributed by atoms with Crippen LogP contribution >= 0.6 is 0 Å². The van der Waals surface area contributed by atoms with Crippen molar-refractivity contribution in [1.82, 2.24) is 0 Å². The first-order valence-corrected chi connectivity index (χ1v) is 6.84. The molecule has 0 saturated heterocycles. The van der Waals surface area contributed by atoms with Gasteiger partial charge in [-0.3, -0.25) is 4.90 Å². The summed E-state index contributed by atoms with van der Waals surface area (Å²) < 4.78 is 5.12. The predicted molar refractivity (Wildman–Crippen MR) is 82.9 cm³/mol. The maximum atomic E-state index is 12.1. The molecular formula is C17H17NO4. The van der Waals surface area contributed by atoms with E-state index in [4.69, 9.17) is 4.74 Å². The standard InChI is InChI=1S/C17H17NO4/c1-18(14-10-6-3-7-11-14)17(21)22-15(16(19)20)12-13-8-4-2-5-9-13/h2-11,15H,12H2,1H3,(H,19,20). The Bertz CT molecular complexity index is 628. The molecule has 5 heteroatoms. The van der Waals surface area contributed by atoms with Crippen LogP contribution in [-0.2, 0) is 16.0 Å². The quantitative estimate of drug-likeness (QED) is 0.921. The summed E-state index contributed by atoms with van der Waals surface area (Å²) in [6, 6.07) is 18.0. The number of nitrogens with zero attached hydrogens (tertiary/aromatic N) is 1. The summed E-state index contributed by atoms with van der Waals surface area (Å²) in [6.07, 6.45) is -1.79. The first-order valence-electron chi connectivity index (χ1n) is 6.84. The van der Waals surface area contributed by atoms with Crippen molar-refractivity contribution >= 4 is 17.7 Å². The van der Waals surface area contributed by atoms with Gasteiger partial charge in [-0.05, 0) is 17.7 Å². The molecule has 0 aliphatic heterocycles. The fourth-order valence-corrected chi connectivity index (χ4v) is 1.97. The molecule has 0 aromatic heterocycles. The smallest absolute Gasteiger partial charge is 0.414 e. The Hall–Kier alpha value is -2.82. The molecule has 0 aliphatic rings. The summed E-state index contributed by atoms with van der Waals surface area (Å²) in [5, 5.41) is 9.24. The third kappa shape index (κ3) is 4.09. The second-order valence-electron chi connectivity index (χ2n) is 4.79. The van der Waals surface area contributed by atoms with E-state index in [1.807, 2.05) is 24.3 Å². The molecule has 2 aromatic carbocycles. The van der Waals surface area contributed by atoms with Crippen molar-refractivity contribution in [1.29, 1.82) is 0 Å². The maximum absolute atomic E-state index is 12.1. The van der Waals surface area contributed by atoms with Gasteiger partial charge in [-0.15, -0.1) is 0 Å². The van der Waals surface area contributed by atoms with Crippen molar-refractivity contribution in [2.75, 3.05) is 11.9 Å². The Balaban J connectivity index is 2.04. The number of rotatable bonds is 5. The molecule has 0 aliphatic carbocycles. The summed E-state index contributed by atoms with van der Waals surface area (Å²) in [4.78, 5) is 24.7. The van der Waals surface area contributed by atoms with Gasteiger partial charge in [0.25, 0.3) is 0 Å². The molecule has 2 aromatic rings. The zero-order valence-corrected chi connectivity index (χ0v) is 12.2. The second-order valence-corrected chi connectivity index (χ2v) is 4.79. The Labute approximate surface area is 128 Å². The largest absolute Gasteiger partial charge is 0.478 e. The number of anilines is 1. The Morgan fingerprint density at radius 3 is 2.14 bits per heavy atom. The van der Waals surface area contributed by atoms with Gasteiger partial charge in [-0.1, -0.05) is 48.5 Å². The molecule has 0 saturated carbocycles. The Morgan fingerprint density at radius 2 is 1.59 bits per heavy atom. The van der Waals surface area contributed by atoms with E-state index < -0.39 is 18.2 Å². The van der Waals surface area contributed by atoms with E-state index in [0.717, 1.165) is 5.56 Å². The first kappa shape index (κ1) is 15.6. The number of ether oxygens (including phenoxy) is 1. The zero-order chi connectivity index (χ0) is 15.9. The highest BCUT2D eigenvalue weighted by atomic mass is 16.6. The van der Waals surface area contributed by atoms with Crippen LogP contribution in [0.15, 0.2) is 60.7 Å². The lowest BCUT2D eigenvalue weighted by Gasteiger charge is -2.20. The number of para-hydroxylation sites is 1. The van der Waals surface area contributed by atoms with Crippen molar-refractivity contribution in [3.63, 3.8) is 0 Å². The molecule has 22 heavy (non-hydrogen) atoms. The molecular weight excluding hydrogens is 282 g/mol. The number of carboxylic acid groups (broad SMARTS) is 1. The highest BCUT2D eigenvalue weighted by Gasteiger charge is 2.25. The van der Waals surface area contributed by atoms with E-state index in [1.54, 1.807) is 43.4 Å². The van der Waals surface area contributed by atoms with Crippen molar-refractivity contribution in [3.8, 4) is 0 Å². The topological polar surface area (TPSA) is 66.8 Å². The van der Waals surface area contributed by atoms with Gasteiger partial charge < -0.3 is 9.84 Å². The molecule has 1 atom stereocenters. The second kappa shape index (κ2) is 7.26. The molecule has 1 unspecified atom stereocenters. The minimum absolute atomic E-state index is 0.130. The van der Waals surface area contributed by atoms with E-state index in [-0.39, 0.29) is 6.42 Å². The summed E-state index contributed by atoms with van der Waals surface area (Å²) in [7, 11) is 1.54. The number of carboxylic acids is 1. The van der Waals surface area contributed by atoms with Gasteiger partial charge >= 0.3 is 12.1 Å². The van der Waals surface area contributed by atoms with E-state index >= 15 is 0 Å². The van der Waals surface area contributed by atoms with Crippen LogP contribution in [0.2, 0.25) is 0 Å². The number of hydrogen-bond acceptors (Lipinski definition) is 3. The van der Waals surface area contributed by atoms with Gasteiger partial charge in [0.15, 0.2) is 0 Å². The average molecular weight is 299 g/mol. The van der Waals surface area contributed by atoms with Gasteiger partial charge in [-0.2, -0.15) is 0 Å². The van der Waals surface area contributed by atoms with Gasteiger partial charge in [0.05, 0.1) is 0 Å². The molecule has 0 spiro atoms. The first-order chi connectivity index (χ1) is 10.6. The molecule has 5 nitrogen and oxygen atoms in total. The molecule has 0 fully saturated rings. The van der Waals surface area contributed by atoms with Crippen LogP contribution in [0.3, 0.4) is 0 Å². The molecule has 1 amide bonds. The normalized spacial score (nSPS) is 11.5. The van der Waals surface area contributed by atoms with Crippen LogP contribution in [0.25, 0.3) is 0 Å². The highest BCUT2D eigenvalue weighted by Crippen LogP contribution is 2.14. The third-order valence-corrected chi connectivity index (χ3v) is 3.20. The number of carbonyl (C=O) groups excluding carboxylic acids is 1. The van der Waals surface area contributed by atoms with Crippen molar-refractivity contribution in [2.45, 2.75) is 12.5 Å². The highest BCUT2D eigenvalue weighted by molar-refractivity contribution is 5.88. The Kier molecular flexibility index (Phi) is 5.14. The van der Waals surface area contributed by atoms with Crippen LogP contribution in [0.1, 0.15) is 5.56 Å². The Morgan fingerprint density at radius 1 is 1.05 bits per heavy atom.